The molecule has 6 aromatic rings. The van der Waals surface area contributed by atoms with Gasteiger partial charge in [-0.15, -0.1) is 0 Å². The van der Waals surface area contributed by atoms with Gasteiger partial charge in [0.1, 0.15) is 0 Å². The number of hydrogen-bond donors (Lipinski definition) is 0. The molecule has 0 bridgehead atoms. The number of halogens is 1. The van der Waals surface area contributed by atoms with E-state index in [-0.39, 0.29) is 11.1 Å². The number of rotatable bonds is 11. The van der Waals surface area contributed by atoms with Gasteiger partial charge in [-0.1, -0.05) is 75.2 Å². The van der Waals surface area contributed by atoms with E-state index in [0.29, 0.717) is 34.8 Å². The lowest BCUT2D eigenvalue weighted by atomic mass is 9.96. The lowest BCUT2D eigenvalue weighted by molar-refractivity contribution is 0.594. The van der Waals surface area contributed by atoms with E-state index in [9.17, 15) is 9.59 Å². The highest BCUT2D eigenvalue weighted by molar-refractivity contribution is 6.31. The van der Waals surface area contributed by atoms with E-state index in [1.165, 1.54) is 5.56 Å². The molecule has 0 amide bonds. The third-order valence-electron chi connectivity index (χ3n) is 9.12. The molecule has 0 aliphatic rings. The van der Waals surface area contributed by atoms with Crippen molar-refractivity contribution < 1.29 is 0 Å². The molecular weight excluding hydrogens is 604 g/mol. The molecular formula is C40H41ClN4O2. The lowest BCUT2D eigenvalue weighted by Crippen LogP contribution is -2.21. The maximum atomic E-state index is 13.5. The predicted molar refractivity (Wildman–Crippen MR) is 195 cm³/mol. The van der Waals surface area contributed by atoms with Gasteiger partial charge in [-0.25, -0.2) is 0 Å². The molecule has 4 heterocycles. The monoisotopic (exact) mass is 644 g/mol. The van der Waals surface area contributed by atoms with Crippen LogP contribution in [0.2, 0.25) is 5.02 Å². The summed E-state index contributed by atoms with van der Waals surface area (Å²) >= 11 is 6.48. The number of fused-ring (bicyclic) bond motifs is 2. The van der Waals surface area contributed by atoms with E-state index < -0.39 is 0 Å². The minimum absolute atomic E-state index is 0.00545. The van der Waals surface area contributed by atoms with Crippen LogP contribution in [0.15, 0.2) is 95.2 Å². The largest absolute Gasteiger partial charge is 0.314 e. The molecule has 0 saturated heterocycles. The number of nitrogens with zero attached hydrogens (tertiary/aromatic N) is 4. The highest BCUT2D eigenvalue weighted by Gasteiger charge is 2.14. The number of hydrogen-bond acceptors (Lipinski definition) is 4. The fraction of sp³-hybridized carbons (Fsp3) is 0.300. The second-order valence-electron chi connectivity index (χ2n) is 12.8. The number of benzene rings is 2. The molecule has 6 rings (SSSR count). The van der Waals surface area contributed by atoms with Gasteiger partial charge in [0, 0.05) is 65.9 Å². The number of aromatic nitrogens is 4. The molecule has 0 aliphatic carbocycles. The normalized spacial score (nSPS) is 11.6. The molecule has 47 heavy (non-hydrogen) atoms. The Morgan fingerprint density at radius 2 is 1.40 bits per heavy atom. The van der Waals surface area contributed by atoms with E-state index >= 15 is 0 Å². The second-order valence-corrected chi connectivity index (χ2v) is 13.2. The smallest absolute Gasteiger partial charge is 0.260 e. The van der Waals surface area contributed by atoms with Crippen molar-refractivity contribution in [1.29, 1.82) is 0 Å². The van der Waals surface area contributed by atoms with Crippen LogP contribution in [0.4, 0.5) is 0 Å². The lowest BCUT2D eigenvalue weighted by Gasteiger charge is -2.15. The Balaban J connectivity index is 1.27. The first kappa shape index (κ1) is 32.4. The molecule has 0 N–H and O–H groups in total. The van der Waals surface area contributed by atoms with Gasteiger partial charge < -0.3 is 9.13 Å². The molecule has 4 aromatic heterocycles. The molecule has 2 aromatic carbocycles. The maximum absolute atomic E-state index is 13.5. The van der Waals surface area contributed by atoms with E-state index in [1.807, 2.05) is 48.1 Å². The number of aryl methyl sites for hydroxylation is 4. The third-order valence-corrected chi connectivity index (χ3v) is 9.53. The first-order valence-electron chi connectivity index (χ1n) is 16.6. The molecule has 0 atom stereocenters. The van der Waals surface area contributed by atoms with Gasteiger partial charge in [-0.2, -0.15) is 0 Å². The standard InChI is InChI=1S/C40H41ClN4O2/c1-5-6-18-44-24-36(29-14-12-28(13-15-29)26(2)3)33-21-31(43-23-35(33)40(44)47)9-7-8-19-45-25-37(30-11-10-27(4)38(41)20-30)32-16-17-42-22-34(32)39(45)46/h10-17,20-26H,5-9,18-19H2,1-4H3. The van der Waals surface area contributed by atoms with Crippen LogP contribution in [0.1, 0.15) is 69.2 Å². The SMILES string of the molecule is CCCCn1cc(-c2ccc(C(C)C)cc2)c2cc(CCCCn3cc(-c4ccc(C)c(Cl)c4)c4ccncc4c3=O)ncc2c1=O. The zero-order chi connectivity index (χ0) is 33.1. The van der Waals surface area contributed by atoms with E-state index in [0.717, 1.165) is 76.4 Å². The molecule has 0 radical (unpaired) electrons. The fourth-order valence-corrected chi connectivity index (χ4v) is 6.40. The molecule has 7 heteroatoms. The first-order valence-corrected chi connectivity index (χ1v) is 17.0. The quantitative estimate of drug-likeness (QED) is 0.132. The Morgan fingerprint density at radius 3 is 2.09 bits per heavy atom. The highest BCUT2D eigenvalue weighted by atomic mass is 35.5. The Labute approximate surface area is 280 Å². The Kier molecular flexibility index (Phi) is 9.69. The van der Waals surface area contributed by atoms with Gasteiger partial charge in [-0.05, 0) is 89.8 Å². The van der Waals surface area contributed by atoms with Crippen LogP contribution in [0.3, 0.4) is 0 Å². The van der Waals surface area contributed by atoms with E-state index in [1.54, 1.807) is 23.2 Å². The van der Waals surface area contributed by atoms with Gasteiger partial charge in [-0.3, -0.25) is 19.6 Å². The van der Waals surface area contributed by atoms with Crippen molar-refractivity contribution in [1.82, 2.24) is 19.1 Å². The third kappa shape index (κ3) is 6.79. The predicted octanol–water partition coefficient (Wildman–Crippen LogP) is 9.35. The van der Waals surface area contributed by atoms with Crippen molar-refractivity contribution in [3.8, 4) is 22.3 Å². The molecule has 0 saturated carbocycles. The van der Waals surface area contributed by atoms with E-state index in [2.05, 4.69) is 56.1 Å². The van der Waals surface area contributed by atoms with Crippen molar-refractivity contribution >= 4 is 33.1 Å². The summed E-state index contributed by atoms with van der Waals surface area (Å²) < 4.78 is 3.63. The Hall–Kier alpha value is -4.55. The van der Waals surface area contributed by atoms with Gasteiger partial charge in [0.25, 0.3) is 11.1 Å². The summed E-state index contributed by atoms with van der Waals surface area (Å²) in [4.78, 5) is 35.9. The van der Waals surface area contributed by atoms with Crippen LogP contribution < -0.4 is 11.1 Å². The summed E-state index contributed by atoms with van der Waals surface area (Å²) in [5.41, 5.74) is 7.26. The Bertz CT molecular complexity index is 2180. The summed E-state index contributed by atoms with van der Waals surface area (Å²) in [5.74, 6) is 0.449. The van der Waals surface area contributed by atoms with Crippen LogP contribution in [0, 0.1) is 6.92 Å². The molecule has 240 valence electrons. The van der Waals surface area contributed by atoms with Crippen molar-refractivity contribution in [2.24, 2.45) is 0 Å². The van der Waals surface area contributed by atoms with Crippen molar-refractivity contribution in [3.05, 3.63) is 128 Å². The molecule has 0 unspecified atom stereocenters. The van der Waals surface area contributed by atoms with Crippen molar-refractivity contribution in [2.45, 2.75) is 78.8 Å². The van der Waals surface area contributed by atoms with Crippen LogP contribution in [0.5, 0.6) is 0 Å². The zero-order valence-corrected chi connectivity index (χ0v) is 28.3. The average molecular weight is 645 g/mol. The van der Waals surface area contributed by atoms with Crippen LogP contribution in [-0.2, 0) is 19.5 Å². The summed E-state index contributed by atoms with van der Waals surface area (Å²) in [6.45, 7) is 9.76. The maximum Gasteiger partial charge on any atom is 0.260 e. The van der Waals surface area contributed by atoms with Gasteiger partial charge in [0.15, 0.2) is 0 Å². The second kappa shape index (κ2) is 14.1. The fourth-order valence-electron chi connectivity index (χ4n) is 6.22. The molecule has 0 fully saturated rings. The minimum Gasteiger partial charge on any atom is -0.314 e. The topological polar surface area (TPSA) is 69.8 Å². The van der Waals surface area contributed by atoms with E-state index in [4.69, 9.17) is 16.6 Å². The van der Waals surface area contributed by atoms with Gasteiger partial charge in [0.05, 0.1) is 10.8 Å². The van der Waals surface area contributed by atoms with Gasteiger partial charge >= 0.3 is 0 Å². The molecule has 0 spiro atoms. The first-order chi connectivity index (χ1) is 22.7. The molecule has 6 nitrogen and oxygen atoms in total. The zero-order valence-electron chi connectivity index (χ0n) is 27.6. The summed E-state index contributed by atoms with van der Waals surface area (Å²) in [6.07, 6.45) is 13.4. The van der Waals surface area contributed by atoms with Crippen LogP contribution in [-0.4, -0.2) is 19.1 Å². The van der Waals surface area contributed by atoms with Crippen molar-refractivity contribution in [3.63, 3.8) is 0 Å². The summed E-state index contributed by atoms with van der Waals surface area (Å²) in [6, 6.07) is 18.7. The van der Waals surface area contributed by atoms with Gasteiger partial charge in [0.2, 0.25) is 0 Å². The van der Waals surface area contributed by atoms with Crippen LogP contribution >= 0.6 is 11.6 Å². The number of pyridine rings is 4. The Morgan fingerprint density at radius 1 is 0.745 bits per heavy atom. The van der Waals surface area contributed by atoms with Crippen molar-refractivity contribution in [2.75, 3.05) is 0 Å². The minimum atomic E-state index is -0.0497. The average Bonchev–Trinajstić information content (AvgIpc) is 3.08. The summed E-state index contributed by atoms with van der Waals surface area (Å²) in [7, 11) is 0. The van der Waals surface area contributed by atoms with Crippen LogP contribution in [0.25, 0.3) is 43.8 Å². The molecule has 0 aliphatic heterocycles. The summed E-state index contributed by atoms with van der Waals surface area (Å²) in [5, 5.41) is 3.74. The number of unbranched alkanes of at least 4 members (excludes halogenated alkanes) is 2. The highest BCUT2D eigenvalue weighted by Crippen LogP contribution is 2.31.